The van der Waals surface area contributed by atoms with Gasteiger partial charge >= 0.3 is 0 Å². The Morgan fingerprint density at radius 3 is 2.23 bits per heavy atom. The Balaban J connectivity index is 0.00000144. The second-order valence-electron chi connectivity index (χ2n) is 2.45. The maximum Gasteiger partial charge on any atom is 0.215 e. The summed E-state index contributed by atoms with van der Waals surface area (Å²) in [6, 6.07) is 9.07. The summed E-state index contributed by atoms with van der Waals surface area (Å²) in [4.78, 5) is 0. The van der Waals surface area contributed by atoms with Gasteiger partial charge in [-0.05, 0) is 12.6 Å². The average Bonchev–Trinajstić information content (AvgIpc) is 2.06. The summed E-state index contributed by atoms with van der Waals surface area (Å²) >= 11 is 0. The molecule has 0 aliphatic carbocycles. The van der Waals surface area contributed by atoms with Crippen molar-refractivity contribution >= 4 is 39.6 Å². The van der Waals surface area contributed by atoms with Crippen molar-refractivity contribution in [2.45, 2.75) is 5.75 Å². The first-order valence-electron chi connectivity index (χ1n) is 3.59. The molecule has 1 aromatic rings. The number of nitrogens with one attached hydrogen (secondary N) is 1. The minimum atomic E-state index is -3.12. The number of benzene rings is 1. The van der Waals surface area contributed by atoms with Gasteiger partial charge in [-0.3, -0.25) is 0 Å². The Kier molecular flexibility index (Phi) is 5.83. The molecule has 0 atom stereocenters. The normalized spacial score (nSPS) is 10.5. The maximum atomic E-state index is 11.1. The van der Waals surface area contributed by atoms with Gasteiger partial charge in [-0.25, -0.2) is 13.1 Å². The topological polar surface area (TPSA) is 46.2 Å². The van der Waals surface area contributed by atoms with Crippen molar-refractivity contribution in [2.24, 2.45) is 0 Å². The molecule has 0 heterocycles. The number of hydrogen-bond acceptors (Lipinski definition) is 2. The summed E-state index contributed by atoms with van der Waals surface area (Å²) < 4.78 is 24.4. The average molecular weight is 208 g/mol. The number of rotatable bonds is 3. The quantitative estimate of drug-likeness (QED) is 0.729. The summed E-state index contributed by atoms with van der Waals surface area (Å²) in [6.07, 6.45) is 0. The van der Waals surface area contributed by atoms with E-state index in [2.05, 4.69) is 4.72 Å². The van der Waals surface area contributed by atoms with E-state index in [0.717, 1.165) is 5.56 Å². The molecular formula is C8H11NNaO2S. The molecule has 0 saturated carbocycles. The summed E-state index contributed by atoms with van der Waals surface area (Å²) in [6.45, 7) is 0. The fourth-order valence-electron chi connectivity index (χ4n) is 0.866. The second-order valence-corrected chi connectivity index (χ2v) is 4.38. The molecule has 0 aliphatic rings. The molecule has 0 aromatic heterocycles. The maximum absolute atomic E-state index is 11.1. The van der Waals surface area contributed by atoms with E-state index in [4.69, 9.17) is 0 Å². The first-order chi connectivity index (χ1) is 5.64. The van der Waals surface area contributed by atoms with E-state index in [1.165, 1.54) is 7.05 Å². The van der Waals surface area contributed by atoms with E-state index in [-0.39, 0.29) is 35.3 Å². The zero-order chi connectivity index (χ0) is 9.03. The van der Waals surface area contributed by atoms with E-state index < -0.39 is 10.0 Å². The van der Waals surface area contributed by atoms with Crippen LogP contribution in [0.3, 0.4) is 0 Å². The number of sulfonamides is 1. The third kappa shape index (κ3) is 4.78. The summed E-state index contributed by atoms with van der Waals surface area (Å²) in [5, 5.41) is 0. The molecule has 67 valence electrons. The summed E-state index contributed by atoms with van der Waals surface area (Å²) in [5.74, 6) is 0.0460. The van der Waals surface area contributed by atoms with Crippen LogP contribution in [0.5, 0.6) is 0 Å². The number of hydrogen-bond donors (Lipinski definition) is 1. The first kappa shape index (κ1) is 13.1. The van der Waals surface area contributed by atoms with Crippen LogP contribution in [0.25, 0.3) is 0 Å². The molecule has 1 radical (unpaired) electrons. The van der Waals surface area contributed by atoms with Gasteiger partial charge < -0.3 is 0 Å². The minimum Gasteiger partial charge on any atom is -0.218 e. The molecule has 0 amide bonds. The Bertz CT molecular complexity index is 336. The van der Waals surface area contributed by atoms with Crippen LogP contribution in [-0.2, 0) is 15.8 Å². The molecule has 5 heteroatoms. The van der Waals surface area contributed by atoms with Gasteiger partial charge in [0.05, 0.1) is 5.75 Å². The Morgan fingerprint density at radius 1 is 1.23 bits per heavy atom. The molecular weight excluding hydrogens is 197 g/mol. The van der Waals surface area contributed by atoms with Gasteiger partial charge in [0.2, 0.25) is 10.0 Å². The Labute approximate surface area is 101 Å². The zero-order valence-corrected chi connectivity index (χ0v) is 10.6. The summed E-state index contributed by atoms with van der Waals surface area (Å²) in [7, 11) is -1.71. The summed E-state index contributed by atoms with van der Waals surface area (Å²) in [5.41, 5.74) is 0.798. The van der Waals surface area contributed by atoms with Crippen molar-refractivity contribution in [1.82, 2.24) is 4.72 Å². The zero-order valence-electron chi connectivity index (χ0n) is 7.82. The molecule has 0 bridgehead atoms. The van der Waals surface area contributed by atoms with Crippen LogP contribution < -0.4 is 4.72 Å². The van der Waals surface area contributed by atoms with Crippen LogP contribution in [0.2, 0.25) is 0 Å². The van der Waals surface area contributed by atoms with Crippen molar-refractivity contribution in [3.05, 3.63) is 35.9 Å². The van der Waals surface area contributed by atoms with Gasteiger partial charge in [0, 0.05) is 29.6 Å². The molecule has 0 aliphatic heterocycles. The van der Waals surface area contributed by atoms with Crippen molar-refractivity contribution in [3.8, 4) is 0 Å². The van der Waals surface area contributed by atoms with E-state index in [1.807, 2.05) is 18.2 Å². The van der Waals surface area contributed by atoms with Crippen molar-refractivity contribution in [2.75, 3.05) is 7.05 Å². The van der Waals surface area contributed by atoms with Gasteiger partial charge in [-0.1, -0.05) is 30.3 Å². The molecule has 3 nitrogen and oxygen atoms in total. The van der Waals surface area contributed by atoms with Gasteiger partial charge in [0.25, 0.3) is 0 Å². The Morgan fingerprint density at radius 2 is 1.77 bits per heavy atom. The fraction of sp³-hybridized carbons (Fsp3) is 0.250. The van der Waals surface area contributed by atoms with Gasteiger partial charge in [0.1, 0.15) is 0 Å². The predicted molar refractivity (Wildman–Crippen MR) is 53.9 cm³/mol. The second kappa shape index (κ2) is 5.78. The molecule has 1 N–H and O–H groups in total. The Hall–Kier alpha value is 0.130. The van der Waals surface area contributed by atoms with Crippen molar-refractivity contribution in [3.63, 3.8) is 0 Å². The standard InChI is InChI=1S/C8H11NO2S.Na/c1-9-12(10,11)7-8-5-3-2-4-6-8;/h2-6,9H,7H2,1H3;. The molecule has 1 aromatic carbocycles. The third-order valence-electron chi connectivity index (χ3n) is 1.51. The van der Waals surface area contributed by atoms with E-state index in [9.17, 15) is 8.42 Å². The molecule has 0 saturated heterocycles. The molecule has 0 spiro atoms. The van der Waals surface area contributed by atoms with Gasteiger partial charge in [-0.15, -0.1) is 0 Å². The minimum absolute atomic E-state index is 0. The van der Waals surface area contributed by atoms with E-state index in [0.29, 0.717) is 0 Å². The van der Waals surface area contributed by atoms with Crippen LogP contribution in [-0.4, -0.2) is 45.0 Å². The van der Waals surface area contributed by atoms with Crippen LogP contribution in [0.15, 0.2) is 30.3 Å². The van der Waals surface area contributed by atoms with Crippen LogP contribution in [0.1, 0.15) is 5.56 Å². The molecule has 0 unspecified atom stereocenters. The molecule has 0 fully saturated rings. The molecule has 1 rings (SSSR count). The monoisotopic (exact) mass is 208 g/mol. The SMILES string of the molecule is CNS(=O)(=O)Cc1ccccc1.[Na]. The van der Waals surface area contributed by atoms with Crippen LogP contribution >= 0.6 is 0 Å². The van der Waals surface area contributed by atoms with E-state index in [1.54, 1.807) is 12.1 Å². The van der Waals surface area contributed by atoms with Gasteiger partial charge in [0.15, 0.2) is 0 Å². The van der Waals surface area contributed by atoms with E-state index >= 15 is 0 Å². The third-order valence-corrected chi connectivity index (χ3v) is 2.85. The smallest absolute Gasteiger partial charge is 0.215 e. The van der Waals surface area contributed by atoms with Crippen LogP contribution in [0, 0.1) is 0 Å². The van der Waals surface area contributed by atoms with Crippen molar-refractivity contribution < 1.29 is 8.42 Å². The van der Waals surface area contributed by atoms with Crippen molar-refractivity contribution in [1.29, 1.82) is 0 Å². The largest absolute Gasteiger partial charge is 0.218 e. The van der Waals surface area contributed by atoms with Gasteiger partial charge in [-0.2, -0.15) is 0 Å². The predicted octanol–water partition coefficient (Wildman–Crippen LogP) is 0.355. The molecule has 13 heavy (non-hydrogen) atoms. The fourth-order valence-corrected chi connectivity index (χ4v) is 1.64. The van der Waals surface area contributed by atoms with Crippen LogP contribution in [0.4, 0.5) is 0 Å². The first-order valence-corrected chi connectivity index (χ1v) is 5.24.